The van der Waals surface area contributed by atoms with Gasteiger partial charge in [-0.1, -0.05) is 237 Å². The third kappa shape index (κ3) is 6.98. The van der Waals surface area contributed by atoms with Crippen LogP contribution in [0.2, 0.25) is 0 Å². The van der Waals surface area contributed by atoms with Gasteiger partial charge in [-0.3, -0.25) is 0 Å². The van der Waals surface area contributed by atoms with E-state index in [1.807, 2.05) is 36.4 Å². The van der Waals surface area contributed by atoms with Crippen LogP contribution in [0.3, 0.4) is 0 Å². The number of rotatable bonds is 8. The summed E-state index contributed by atoms with van der Waals surface area (Å²) in [6.07, 6.45) is 0. The predicted octanol–water partition coefficient (Wildman–Crippen LogP) is 17.1. The molecule has 73 heavy (non-hydrogen) atoms. The quantitative estimate of drug-likeness (QED) is 0.143. The first-order chi connectivity index (χ1) is 36.2. The Bertz CT molecular complexity index is 4150. The Morgan fingerprint density at radius 2 is 0.699 bits per heavy atom. The van der Waals surface area contributed by atoms with Gasteiger partial charge in [0.2, 0.25) is 0 Å². The average Bonchev–Trinajstić information content (AvgIpc) is 3.79. The summed E-state index contributed by atoms with van der Waals surface area (Å²) in [5.74, 6) is 1.83. The Kier molecular flexibility index (Phi) is 10.0. The van der Waals surface area contributed by atoms with Crippen LogP contribution in [0.15, 0.2) is 267 Å². The summed E-state index contributed by atoms with van der Waals surface area (Å²) in [7, 11) is 0. The van der Waals surface area contributed by atoms with Crippen molar-refractivity contribution in [3.8, 4) is 78.8 Å². The molecule has 340 valence electrons. The molecule has 4 heteroatoms. The molecule has 4 nitrogen and oxygen atoms in total. The number of aromatic nitrogens is 4. The minimum absolute atomic E-state index is 0.554. The monoisotopic (exact) mass is 928 g/mol. The highest BCUT2D eigenvalue weighted by Crippen LogP contribution is 2.57. The zero-order valence-corrected chi connectivity index (χ0v) is 39.7. The highest BCUT2D eigenvalue weighted by molar-refractivity contribution is 6.14. The van der Waals surface area contributed by atoms with Gasteiger partial charge in [-0.05, 0) is 102 Å². The fourth-order valence-corrected chi connectivity index (χ4v) is 11.5. The van der Waals surface area contributed by atoms with Crippen LogP contribution in [0.5, 0.6) is 0 Å². The van der Waals surface area contributed by atoms with E-state index in [2.05, 4.69) is 231 Å². The molecule has 0 saturated heterocycles. The van der Waals surface area contributed by atoms with E-state index in [0.29, 0.717) is 17.5 Å². The van der Waals surface area contributed by atoms with E-state index in [0.717, 1.165) is 77.3 Å². The molecule has 0 N–H and O–H groups in total. The van der Waals surface area contributed by atoms with Gasteiger partial charge in [0.25, 0.3) is 0 Å². The maximum atomic E-state index is 5.38. The molecule has 14 rings (SSSR count). The van der Waals surface area contributed by atoms with Crippen LogP contribution in [-0.2, 0) is 5.41 Å². The standard InChI is InChI=1S/C69H44N4/c1-5-21-45(22-6-1)66-71-67(46-23-7-2-8-24-46)73-68(72-66)50-42-48(47-39-40-58-57-30-15-17-37-62(57)69(63(58)44-47,51-25-9-3-10-26-51)52-27-11-4-12-28-52)41-49(43-50)53-33-19-35-55-54(53)34-20-36-61(55)65-60-32-14-13-29-56(60)59-31-16-18-38-64(59)70-65/h1-44H. The first kappa shape index (κ1) is 42.3. The molecular weight excluding hydrogens is 885 g/mol. The second-order valence-corrected chi connectivity index (χ2v) is 18.9. The maximum Gasteiger partial charge on any atom is 0.164 e. The van der Waals surface area contributed by atoms with E-state index in [-0.39, 0.29) is 0 Å². The molecule has 13 aromatic rings. The minimum atomic E-state index is -0.554. The van der Waals surface area contributed by atoms with Crippen molar-refractivity contribution in [2.24, 2.45) is 0 Å². The number of hydrogen-bond donors (Lipinski definition) is 0. The van der Waals surface area contributed by atoms with Crippen molar-refractivity contribution in [1.29, 1.82) is 0 Å². The molecule has 2 heterocycles. The summed E-state index contributed by atoms with van der Waals surface area (Å²) in [6, 6.07) is 95.6. The van der Waals surface area contributed by atoms with Crippen LogP contribution in [-0.4, -0.2) is 19.9 Å². The molecule has 0 aliphatic heterocycles. The Morgan fingerprint density at radius 1 is 0.233 bits per heavy atom. The summed E-state index contributed by atoms with van der Waals surface area (Å²) in [5.41, 5.74) is 17.0. The van der Waals surface area contributed by atoms with E-state index in [9.17, 15) is 0 Å². The van der Waals surface area contributed by atoms with Gasteiger partial charge < -0.3 is 0 Å². The lowest BCUT2D eigenvalue weighted by molar-refractivity contribution is 0.769. The Labute approximate surface area is 423 Å². The normalized spacial score (nSPS) is 12.5. The number of fused-ring (bicyclic) bond motifs is 7. The van der Waals surface area contributed by atoms with Gasteiger partial charge in [-0.2, -0.15) is 0 Å². The number of hydrogen-bond acceptors (Lipinski definition) is 4. The molecule has 0 bridgehead atoms. The van der Waals surface area contributed by atoms with Crippen LogP contribution in [0.1, 0.15) is 22.3 Å². The van der Waals surface area contributed by atoms with Crippen molar-refractivity contribution >= 4 is 32.4 Å². The van der Waals surface area contributed by atoms with Crippen molar-refractivity contribution in [3.05, 3.63) is 289 Å². The number of para-hydroxylation sites is 1. The Balaban J connectivity index is 1.03. The summed E-state index contributed by atoms with van der Waals surface area (Å²) in [5, 5.41) is 5.73. The summed E-state index contributed by atoms with van der Waals surface area (Å²) < 4.78 is 0. The van der Waals surface area contributed by atoms with Crippen LogP contribution < -0.4 is 0 Å². The largest absolute Gasteiger partial charge is 0.247 e. The van der Waals surface area contributed by atoms with E-state index in [4.69, 9.17) is 19.9 Å². The third-order valence-electron chi connectivity index (χ3n) is 14.8. The molecule has 2 aromatic heterocycles. The average molecular weight is 929 g/mol. The molecule has 0 saturated carbocycles. The summed E-state index contributed by atoms with van der Waals surface area (Å²) >= 11 is 0. The van der Waals surface area contributed by atoms with Gasteiger partial charge in [0.15, 0.2) is 17.5 Å². The van der Waals surface area contributed by atoms with Crippen LogP contribution in [0.25, 0.3) is 111 Å². The second kappa shape index (κ2) is 17.3. The van der Waals surface area contributed by atoms with Gasteiger partial charge >= 0.3 is 0 Å². The molecule has 1 aliphatic carbocycles. The first-order valence-corrected chi connectivity index (χ1v) is 24.9. The zero-order chi connectivity index (χ0) is 48.3. The van der Waals surface area contributed by atoms with E-state index >= 15 is 0 Å². The minimum Gasteiger partial charge on any atom is -0.247 e. The van der Waals surface area contributed by atoms with Crippen LogP contribution >= 0.6 is 0 Å². The molecule has 0 unspecified atom stereocenters. The Hall–Kier alpha value is -9.64. The highest BCUT2D eigenvalue weighted by atomic mass is 15.0. The molecule has 0 fully saturated rings. The van der Waals surface area contributed by atoms with E-state index in [1.165, 1.54) is 38.8 Å². The fraction of sp³-hybridized carbons (Fsp3) is 0.0145. The molecule has 0 radical (unpaired) electrons. The van der Waals surface area contributed by atoms with Crippen molar-refractivity contribution < 1.29 is 0 Å². The maximum absolute atomic E-state index is 5.38. The van der Waals surface area contributed by atoms with Crippen molar-refractivity contribution in [2.75, 3.05) is 0 Å². The number of nitrogens with zero attached hydrogens (tertiary/aromatic N) is 4. The lowest BCUT2D eigenvalue weighted by Crippen LogP contribution is -2.28. The van der Waals surface area contributed by atoms with Gasteiger partial charge in [0.1, 0.15) is 0 Å². The molecular formula is C69H44N4. The number of pyridine rings is 1. The summed E-state index contributed by atoms with van der Waals surface area (Å²) in [4.78, 5) is 21.1. The second-order valence-electron chi connectivity index (χ2n) is 18.9. The topological polar surface area (TPSA) is 51.6 Å². The van der Waals surface area contributed by atoms with Crippen LogP contribution in [0, 0.1) is 0 Å². The molecule has 0 atom stereocenters. The van der Waals surface area contributed by atoms with Crippen LogP contribution in [0.4, 0.5) is 0 Å². The molecule has 0 amide bonds. The van der Waals surface area contributed by atoms with Crippen molar-refractivity contribution in [3.63, 3.8) is 0 Å². The Morgan fingerprint density at radius 3 is 1.37 bits per heavy atom. The highest BCUT2D eigenvalue weighted by Gasteiger charge is 2.46. The lowest BCUT2D eigenvalue weighted by atomic mass is 9.67. The SMILES string of the molecule is c1ccc(-c2nc(-c3ccccc3)nc(-c3cc(-c4ccc5c(c4)C(c4ccccc4)(c4ccccc4)c4ccccc4-5)cc(-c4cccc5c(-c6nc7ccccc7c7ccccc67)cccc45)c3)n2)cc1. The van der Waals surface area contributed by atoms with E-state index in [1.54, 1.807) is 0 Å². The summed E-state index contributed by atoms with van der Waals surface area (Å²) in [6.45, 7) is 0. The third-order valence-corrected chi connectivity index (χ3v) is 14.8. The van der Waals surface area contributed by atoms with Gasteiger partial charge in [-0.25, -0.2) is 19.9 Å². The first-order valence-electron chi connectivity index (χ1n) is 24.9. The zero-order valence-electron chi connectivity index (χ0n) is 39.7. The van der Waals surface area contributed by atoms with Gasteiger partial charge in [-0.15, -0.1) is 0 Å². The van der Waals surface area contributed by atoms with Gasteiger partial charge in [0, 0.05) is 33.0 Å². The molecule has 1 aliphatic rings. The van der Waals surface area contributed by atoms with Crippen molar-refractivity contribution in [1.82, 2.24) is 19.9 Å². The van der Waals surface area contributed by atoms with Crippen molar-refractivity contribution in [2.45, 2.75) is 5.41 Å². The van der Waals surface area contributed by atoms with Gasteiger partial charge in [0.05, 0.1) is 16.6 Å². The predicted molar refractivity (Wildman–Crippen MR) is 300 cm³/mol. The van der Waals surface area contributed by atoms with E-state index < -0.39 is 5.41 Å². The smallest absolute Gasteiger partial charge is 0.164 e. The lowest BCUT2D eigenvalue weighted by Gasteiger charge is -2.34. The number of benzene rings is 11. The molecule has 11 aromatic carbocycles. The molecule has 0 spiro atoms. The fourth-order valence-electron chi connectivity index (χ4n) is 11.5.